The lowest BCUT2D eigenvalue weighted by atomic mass is 9.98. The molecule has 0 radical (unpaired) electrons. The highest BCUT2D eigenvalue weighted by molar-refractivity contribution is 5.89. The van der Waals surface area contributed by atoms with Crippen molar-refractivity contribution in [1.29, 1.82) is 0 Å². The molecular formula is C26H32N2O5. The highest BCUT2D eigenvalue weighted by Gasteiger charge is 2.30. The molecule has 2 atom stereocenters. The third kappa shape index (κ3) is 5.92. The van der Waals surface area contributed by atoms with Gasteiger partial charge in [-0.05, 0) is 41.0 Å². The van der Waals surface area contributed by atoms with Crippen LogP contribution in [0, 0.1) is 5.92 Å². The molecule has 7 heteroatoms. The fourth-order valence-electron chi connectivity index (χ4n) is 4.31. The van der Waals surface area contributed by atoms with Crippen molar-refractivity contribution in [2.75, 3.05) is 6.61 Å². The second-order valence-electron chi connectivity index (χ2n) is 8.84. The third-order valence-electron chi connectivity index (χ3n) is 5.85. The average Bonchev–Trinajstić information content (AvgIpc) is 3.10. The van der Waals surface area contributed by atoms with Crippen molar-refractivity contribution in [2.24, 2.45) is 5.92 Å². The van der Waals surface area contributed by atoms with Crippen molar-refractivity contribution in [3.8, 4) is 11.1 Å². The second-order valence-corrected chi connectivity index (χ2v) is 8.84. The van der Waals surface area contributed by atoms with Crippen LogP contribution in [0.15, 0.2) is 48.5 Å². The summed E-state index contributed by atoms with van der Waals surface area (Å²) in [4.78, 5) is 36.8. The van der Waals surface area contributed by atoms with Crippen molar-refractivity contribution in [1.82, 2.24) is 10.6 Å². The first-order valence-electron chi connectivity index (χ1n) is 11.5. The molecule has 2 aromatic rings. The van der Waals surface area contributed by atoms with Gasteiger partial charge >= 0.3 is 12.1 Å². The number of ether oxygens (including phenoxy) is 1. The summed E-state index contributed by atoms with van der Waals surface area (Å²) in [5, 5.41) is 14.6. The number of carbonyl (C=O) groups excluding carboxylic acids is 2. The Bertz CT molecular complexity index is 958. The summed E-state index contributed by atoms with van der Waals surface area (Å²) in [6.45, 7) is 5.81. The molecule has 33 heavy (non-hydrogen) atoms. The van der Waals surface area contributed by atoms with Crippen molar-refractivity contribution in [3.63, 3.8) is 0 Å². The molecule has 0 aliphatic heterocycles. The zero-order valence-corrected chi connectivity index (χ0v) is 19.3. The molecular weight excluding hydrogens is 420 g/mol. The fourth-order valence-corrected chi connectivity index (χ4v) is 4.31. The van der Waals surface area contributed by atoms with Crippen molar-refractivity contribution < 1.29 is 24.2 Å². The van der Waals surface area contributed by atoms with E-state index in [2.05, 4.69) is 22.8 Å². The molecule has 0 saturated carbocycles. The molecule has 176 valence electrons. The van der Waals surface area contributed by atoms with Gasteiger partial charge in [0.25, 0.3) is 0 Å². The fraction of sp³-hybridized carbons (Fsp3) is 0.423. The minimum Gasteiger partial charge on any atom is -0.480 e. The molecule has 2 aromatic carbocycles. The van der Waals surface area contributed by atoms with Crippen LogP contribution >= 0.6 is 0 Å². The molecule has 3 N–H and O–H groups in total. The number of carboxylic acid groups (broad SMARTS) is 1. The number of carbonyl (C=O) groups is 3. The Labute approximate surface area is 194 Å². The first kappa shape index (κ1) is 24.3. The molecule has 0 unspecified atom stereocenters. The predicted molar refractivity (Wildman–Crippen MR) is 126 cm³/mol. The zero-order chi connectivity index (χ0) is 24.0. The molecule has 0 heterocycles. The molecule has 0 spiro atoms. The Hall–Kier alpha value is -3.35. The number of nitrogens with one attached hydrogen (secondary N) is 2. The lowest BCUT2D eigenvalue weighted by Gasteiger charge is -2.22. The van der Waals surface area contributed by atoms with Crippen LogP contribution in [-0.2, 0) is 14.3 Å². The van der Waals surface area contributed by atoms with Gasteiger partial charge in [0.15, 0.2) is 0 Å². The summed E-state index contributed by atoms with van der Waals surface area (Å²) in [6, 6.07) is 14.3. The SMILES string of the molecule is CCC[C@H](NC(=O)OCC1c2ccccc2-c2ccccc21)C(=O)N[C@@H](CC(C)C)C(=O)O. The molecule has 0 bridgehead atoms. The van der Waals surface area contributed by atoms with Crippen LogP contribution in [0.1, 0.15) is 57.1 Å². The van der Waals surface area contributed by atoms with E-state index in [9.17, 15) is 19.5 Å². The van der Waals surface area contributed by atoms with E-state index >= 15 is 0 Å². The van der Waals surface area contributed by atoms with Crippen LogP contribution in [0.3, 0.4) is 0 Å². The number of fused-ring (bicyclic) bond motifs is 3. The summed E-state index contributed by atoms with van der Waals surface area (Å²) in [5.74, 6) is -1.58. The molecule has 0 fully saturated rings. The van der Waals surface area contributed by atoms with Gasteiger partial charge in [0.05, 0.1) is 0 Å². The van der Waals surface area contributed by atoms with Crippen LogP contribution < -0.4 is 10.6 Å². The topological polar surface area (TPSA) is 105 Å². The van der Waals surface area contributed by atoms with E-state index in [1.165, 1.54) is 0 Å². The van der Waals surface area contributed by atoms with Gasteiger partial charge in [0.1, 0.15) is 18.7 Å². The Morgan fingerprint density at radius 2 is 1.52 bits per heavy atom. The first-order chi connectivity index (χ1) is 15.8. The monoisotopic (exact) mass is 452 g/mol. The van der Waals surface area contributed by atoms with Crippen molar-refractivity contribution in [3.05, 3.63) is 59.7 Å². The van der Waals surface area contributed by atoms with Gasteiger partial charge in [0, 0.05) is 5.92 Å². The summed E-state index contributed by atoms with van der Waals surface area (Å²) in [7, 11) is 0. The van der Waals surface area contributed by atoms with Crippen LogP contribution in [0.25, 0.3) is 11.1 Å². The minimum atomic E-state index is -1.09. The Morgan fingerprint density at radius 1 is 0.939 bits per heavy atom. The first-order valence-corrected chi connectivity index (χ1v) is 11.5. The highest BCUT2D eigenvalue weighted by atomic mass is 16.5. The van der Waals surface area contributed by atoms with Crippen molar-refractivity contribution in [2.45, 2.75) is 58.0 Å². The molecule has 0 saturated heterocycles. The van der Waals surface area contributed by atoms with Crippen LogP contribution in [0.5, 0.6) is 0 Å². The van der Waals surface area contributed by atoms with Gasteiger partial charge in [-0.15, -0.1) is 0 Å². The molecule has 0 aromatic heterocycles. The molecule has 2 amide bonds. The van der Waals surface area contributed by atoms with Gasteiger partial charge in [-0.1, -0.05) is 75.7 Å². The number of alkyl carbamates (subject to hydrolysis) is 1. The van der Waals surface area contributed by atoms with E-state index in [1.807, 2.05) is 57.2 Å². The van der Waals surface area contributed by atoms with Crippen LogP contribution in [-0.4, -0.2) is 41.8 Å². The number of carboxylic acids is 1. The van der Waals surface area contributed by atoms with E-state index in [1.54, 1.807) is 0 Å². The standard InChI is InChI=1S/C26H32N2O5/c1-4-9-22(24(29)27-23(25(30)31)14-16(2)3)28-26(32)33-15-21-19-12-7-5-10-17(19)18-11-6-8-13-20(18)21/h5-8,10-13,16,21-23H,4,9,14-15H2,1-3H3,(H,27,29)(H,28,32)(H,30,31)/t22-,23-/m0/s1. The summed E-state index contributed by atoms with van der Waals surface area (Å²) < 4.78 is 5.54. The summed E-state index contributed by atoms with van der Waals surface area (Å²) in [5.41, 5.74) is 4.48. The maximum Gasteiger partial charge on any atom is 0.407 e. The number of hydrogen-bond donors (Lipinski definition) is 3. The molecule has 1 aliphatic rings. The Balaban J connectivity index is 1.64. The zero-order valence-electron chi connectivity index (χ0n) is 19.3. The van der Waals surface area contributed by atoms with Gasteiger partial charge in [-0.3, -0.25) is 4.79 Å². The van der Waals surface area contributed by atoms with Crippen molar-refractivity contribution >= 4 is 18.0 Å². The molecule has 1 aliphatic carbocycles. The van der Waals surface area contributed by atoms with Crippen LogP contribution in [0.2, 0.25) is 0 Å². The van der Waals surface area contributed by atoms with Gasteiger partial charge in [-0.2, -0.15) is 0 Å². The minimum absolute atomic E-state index is 0.0796. The maximum atomic E-state index is 12.7. The lowest BCUT2D eigenvalue weighted by Crippen LogP contribution is -2.52. The van der Waals surface area contributed by atoms with E-state index in [0.29, 0.717) is 19.3 Å². The summed E-state index contributed by atoms with van der Waals surface area (Å²) in [6.07, 6.45) is 0.639. The summed E-state index contributed by atoms with van der Waals surface area (Å²) >= 11 is 0. The van der Waals surface area contributed by atoms with Gasteiger partial charge < -0.3 is 20.5 Å². The number of rotatable bonds is 10. The number of aliphatic carboxylic acids is 1. The quantitative estimate of drug-likeness (QED) is 0.498. The van der Waals surface area contributed by atoms with Crippen LogP contribution in [0.4, 0.5) is 4.79 Å². The van der Waals surface area contributed by atoms with E-state index in [0.717, 1.165) is 22.3 Å². The number of amides is 2. The normalized spacial score (nSPS) is 14.2. The van der Waals surface area contributed by atoms with E-state index in [4.69, 9.17) is 4.74 Å². The Morgan fingerprint density at radius 3 is 2.03 bits per heavy atom. The average molecular weight is 453 g/mol. The number of benzene rings is 2. The lowest BCUT2D eigenvalue weighted by molar-refractivity contribution is -0.142. The smallest absolute Gasteiger partial charge is 0.407 e. The number of hydrogen-bond acceptors (Lipinski definition) is 4. The third-order valence-corrected chi connectivity index (χ3v) is 5.85. The van der Waals surface area contributed by atoms with E-state index in [-0.39, 0.29) is 18.4 Å². The predicted octanol–water partition coefficient (Wildman–Crippen LogP) is 4.31. The maximum absolute atomic E-state index is 12.7. The highest BCUT2D eigenvalue weighted by Crippen LogP contribution is 2.44. The molecule has 7 nitrogen and oxygen atoms in total. The van der Waals surface area contributed by atoms with Gasteiger partial charge in [-0.25, -0.2) is 9.59 Å². The molecule has 3 rings (SSSR count). The van der Waals surface area contributed by atoms with Gasteiger partial charge in [0.2, 0.25) is 5.91 Å². The van der Waals surface area contributed by atoms with E-state index < -0.39 is 30.1 Å². The Kier molecular flexibility index (Phi) is 8.09. The second kappa shape index (κ2) is 11.0. The largest absolute Gasteiger partial charge is 0.480 e.